The molecule has 0 saturated heterocycles. The van der Waals surface area contributed by atoms with Crippen LogP contribution in [-0.4, -0.2) is 12.1 Å². The van der Waals surface area contributed by atoms with Gasteiger partial charge in [-0.2, -0.15) is 0 Å². The normalized spacial score (nSPS) is 27.0. The van der Waals surface area contributed by atoms with Crippen LogP contribution in [0.4, 0.5) is 0 Å². The van der Waals surface area contributed by atoms with Crippen molar-refractivity contribution in [2.45, 2.75) is 142 Å². The van der Waals surface area contributed by atoms with E-state index in [1.54, 1.807) is 6.92 Å². The Labute approximate surface area is 187 Å². The maximum absolute atomic E-state index is 11.7. The van der Waals surface area contributed by atoms with Gasteiger partial charge in [-0.3, -0.25) is 0 Å². The lowest BCUT2D eigenvalue weighted by Crippen LogP contribution is -2.29. The summed E-state index contributed by atoms with van der Waals surface area (Å²) in [6, 6.07) is 0. The van der Waals surface area contributed by atoms with E-state index in [1.807, 2.05) is 0 Å². The van der Waals surface area contributed by atoms with Crippen LogP contribution in [0.3, 0.4) is 0 Å². The molecule has 30 heavy (non-hydrogen) atoms. The number of rotatable bonds is 14. The molecule has 2 rings (SSSR count). The van der Waals surface area contributed by atoms with Gasteiger partial charge in [0.1, 0.15) is 6.10 Å². The molecule has 0 aromatic heterocycles. The number of esters is 1. The van der Waals surface area contributed by atoms with E-state index < -0.39 is 0 Å². The molecule has 2 aliphatic carbocycles. The highest BCUT2D eigenvalue weighted by molar-refractivity contribution is 5.87. The molecule has 0 heterocycles. The Balaban J connectivity index is 1.46. The molecule has 2 aliphatic rings. The molecule has 0 aromatic carbocycles. The Hall–Kier alpha value is -0.790. The Morgan fingerprint density at radius 3 is 1.70 bits per heavy atom. The number of unbranched alkanes of at least 4 members (excludes halogenated alkanes) is 9. The lowest BCUT2D eigenvalue weighted by molar-refractivity contribution is -0.146. The van der Waals surface area contributed by atoms with E-state index in [2.05, 4.69) is 13.5 Å². The maximum atomic E-state index is 11.7. The van der Waals surface area contributed by atoms with E-state index in [4.69, 9.17) is 4.74 Å². The third-order valence-corrected chi connectivity index (χ3v) is 7.87. The smallest absolute Gasteiger partial charge is 0.333 e. The van der Waals surface area contributed by atoms with Gasteiger partial charge >= 0.3 is 5.97 Å². The van der Waals surface area contributed by atoms with Crippen LogP contribution in [0.5, 0.6) is 0 Å². The van der Waals surface area contributed by atoms with Gasteiger partial charge in [-0.1, -0.05) is 97.0 Å². The fraction of sp³-hybridized carbons (Fsp3) is 0.893. The van der Waals surface area contributed by atoms with Crippen molar-refractivity contribution < 1.29 is 9.53 Å². The lowest BCUT2D eigenvalue weighted by atomic mass is 9.70. The summed E-state index contributed by atoms with van der Waals surface area (Å²) in [4.78, 5) is 11.7. The van der Waals surface area contributed by atoms with Crippen LogP contribution in [-0.2, 0) is 9.53 Å². The summed E-state index contributed by atoms with van der Waals surface area (Å²) in [7, 11) is 0. The fourth-order valence-corrected chi connectivity index (χ4v) is 5.80. The van der Waals surface area contributed by atoms with Gasteiger partial charge in [0.15, 0.2) is 0 Å². The van der Waals surface area contributed by atoms with E-state index in [9.17, 15) is 4.79 Å². The van der Waals surface area contributed by atoms with Crippen LogP contribution in [0.25, 0.3) is 0 Å². The standard InChI is InChI=1S/C28H50O2/c1-4-5-6-7-8-9-10-11-12-13-14-24-15-17-25(18-16-24)26-19-21-27(22-20-26)30-28(29)23(2)3/h24-27H,2,4-22H2,1,3H3. The number of carbonyl (C=O) groups is 1. The summed E-state index contributed by atoms with van der Waals surface area (Å²) in [5.74, 6) is 2.61. The van der Waals surface area contributed by atoms with Crippen molar-refractivity contribution >= 4 is 5.97 Å². The van der Waals surface area contributed by atoms with E-state index in [-0.39, 0.29) is 12.1 Å². The molecule has 2 heteroatoms. The zero-order valence-corrected chi connectivity index (χ0v) is 20.3. The second-order valence-corrected chi connectivity index (χ2v) is 10.5. The minimum absolute atomic E-state index is 0.137. The molecule has 0 atom stereocenters. The number of hydrogen-bond donors (Lipinski definition) is 0. The minimum atomic E-state index is -0.203. The first-order valence-corrected chi connectivity index (χ1v) is 13.5. The van der Waals surface area contributed by atoms with E-state index >= 15 is 0 Å². The molecular formula is C28H50O2. The van der Waals surface area contributed by atoms with E-state index in [0.29, 0.717) is 5.57 Å². The van der Waals surface area contributed by atoms with Crippen LogP contribution in [0, 0.1) is 17.8 Å². The second kappa shape index (κ2) is 15.1. The minimum Gasteiger partial charge on any atom is -0.459 e. The van der Waals surface area contributed by atoms with Crippen molar-refractivity contribution in [1.29, 1.82) is 0 Å². The Morgan fingerprint density at radius 2 is 1.20 bits per heavy atom. The first-order valence-electron chi connectivity index (χ1n) is 13.5. The van der Waals surface area contributed by atoms with Gasteiger partial charge in [0, 0.05) is 5.57 Å². The molecule has 0 radical (unpaired) electrons. The number of carbonyl (C=O) groups excluding carboxylic acids is 1. The highest BCUT2D eigenvalue weighted by atomic mass is 16.5. The molecule has 0 amide bonds. The van der Waals surface area contributed by atoms with Crippen LogP contribution in [0.15, 0.2) is 12.2 Å². The van der Waals surface area contributed by atoms with Gasteiger partial charge in [0.05, 0.1) is 0 Å². The van der Waals surface area contributed by atoms with Crippen LogP contribution >= 0.6 is 0 Å². The predicted molar refractivity (Wildman–Crippen MR) is 129 cm³/mol. The largest absolute Gasteiger partial charge is 0.459 e. The third kappa shape index (κ3) is 10.0. The van der Waals surface area contributed by atoms with Gasteiger partial charge < -0.3 is 4.74 Å². The molecule has 0 aromatic rings. The molecule has 0 unspecified atom stereocenters. The van der Waals surface area contributed by atoms with E-state index in [1.165, 1.54) is 109 Å². The van der Waals surface area contributed by atoms with Crippen molar-refractivity contribution in [3.05, 3.63) is 12.2 Å². The summed E-state index contributed by atoms with van der Waals surface area (Å²) in [5, 5.41) is 0. The van der Waals surface area contributed by atoms with Crippen molar-refractivity contribution in [3.8, 4) is 0 Å². The highest BCUT2D eigenvalue weighted by Crippen LogP contribution is 2.41. The molecule has 174 valence electrons. The average Bonchev–Trinajstić information content (AvgIpc) is 2.76. The predicted octanol–water partition coefficient (Wildman–Crippen LogP) is 8.78. The monoisotopic (exact) mass is 418 g/mol. The molecule has 0 bridgehead atoms. The number of ether oxygens (including phenoxy) is 1. The third-order valence-electron chi connectivity index (χ3n) is 7.87. The summed E-state index contributed by atoms with van der Waals surface area (Å²) in [6.45, 7) is 7.73. The second-order valence-electron chi connectivity index (χ2n) is 10.5. The van der Waals surface area contributed by atoms with Crippen molar-refractivity contribution in [2.75, 3.05) is 0 Å². The Morgan fingerprint density at radius 1 is 0.733 bits per heavy atom. The van der Waals surface area contributed by atoms with Gasteiger partial charge in [0.2, 0.25) is 0 Å². The summed E-state index contributed by atoms with van der Waals surface area (Å²) in [6.07, 6.45) is 26.5. The van der Waals surface area contributed by atoms with Gasteiger partial charge in [-0.25, -0.2) is 4.79 Å². The highest BCUT2D eigenvalue weighted by Gasteiger charge is 2.31. The van der Waals surface area contributed by atoms with Crippen molar-refractivity contribution in [1.82, 2.24) is 0 Å². The maximum Gasteiger partial charge on any atom is 0.333 e. The molecule has 2 nitrogen and oxygen atoms in total. The average molecular weight is 419 g/mol. The zero-order valence-electron chi connectivity index (χ0n) is 20.3. The quantitative estimate of drug-likeness (QED) is 0.160. The molecular weight excluding hydrogens is 368 g/mol. The molecule has 0 spiro atoms. The Bertz CT molecular complexity index is 467. The van der Waals surface area contributed by atoms with Crippen molar-refractivity contribution in [2.24, 2.45) is 17.8 Å². The van der Waals surface area contributed by atoms with Crippen LogP contribution < -0.4 is 0 Å². The lowest BCUT2D eigenvalue weighted by Gasteiger charge is -2.37. The molecule has 0 aliphatic heterocycles. The molecule has 2 fully saturated rings. The first kappa shape index (κ1) is 25.5. The van der Waals surface area contributed by atoms with Gasteiger partial charge in [0.25, 0.3) is 0 Å². The van der Waals surface area contributed by atoms with Crippen LogP contribution in [0.1, 0.15) is 136 Å². The van der Waals surface area contributed by atoms with Crippen LogP contribution in [0.2, 0.25) is 0 Å². The fourth-order valence-electron chi connectivity index (χ4n) is 5.80. The SMILES string of the molecule is C=C(C)C(=O)OC1CCC(C2CCC(CCCCCCCCCCCC)CC2)CC1. The number of hydrogen-bond acceptors (Lipinski definition) is 2. The summed E-state index contributed by atoms with van der Waals surface area (Å²) in [5.41, 5.74) is 0.526. The van der Waals surface area contributed by atoms with Crippen molar-refractivity contribution in [3.63, 3.8) is 0 Å². The molecule has 0 N–H and O–H groups in total. The van der Waals surface area contributed by atoms with E-state index in [0.717, 1.165) is 30.6 Å². The summed E-state index contributed by atoms with van der Waals surface area (Å²) < 4.78 is 5.57. The Kier molecular flexibility index (Phi) is 12.8. The summed E-state index contributed by atoms with van der Waals surface area (Å²) >= 11 is 0. The first-order chi connectivity index (χ1) is 14.6. The van der Waals surface area contributed by atoms with Gasteiger partial charge in [-0.05, 0) is 63.2 Å². The zero-order chi connectivity index (χ0) is 21.6. The topological polar surface area (TPSA) is 26.3 Å². The van der Waals surface area contributed by atoms with Gasteiger partial charge in [-0.15, -0.1) is 0 Å². The molecule has 2 saturated carbocycles.